The highest BCUT2D eigenvalue weighted by molar-refractivity contribution is 5.88. The lowest BCUT2D eigenvalue weighted by atomic mass is 10.1. The Kier molecular flexibility index (Phi) is 4.66. The first-order valence-corrected chi connectivity index (χ1v) is 9.05. The molecule has 0 aliphatic heterocycles. The van der Waals surface area contributed by atoms with Gasteiger partial charge in [0.25, 0.3) is 0 Å². The fourth-order valence-corrected chi connectivity index (χ4v) is 3.60. The van der Waals surface area contributed by atoms with Gasteiger partial charge in [-0.3, -0.25) is 4.79 Å². The van der Waals surface area contributed by atoms with Gasteiger partial charge in [0.15, 0.2) is 17.4 Å². The molecule has 0 bridgehead atoms. The van der Waals surface area contributed by atoms with E-state index in [0.717, 1.165) is 43.9 Å². The zero-order chi connectivity index (χ0) is 19.8. The molecule has 5 nitrogen and oxygen atoms in total. The molecule has 1 aliphatic rings. The van der Waals surface area contributed by atoms with Crippen LogP contribution in [0.4, 0.5) is 8.78 Å². The van der Waals surface area contributed by atoms with Gasteiger partial charge in [0.05, 0.1) is 6.61 Å². The molecule has 7 heteroatoms. The van der Waals surface area contributed by atoms with E-state index in [2.05, 4.69) is 0 Å². The van der Waals surface area contributed by atoms with E-state index in [1.54, 1.807) is 0 Å². The van der Waals surface area contributed by atoms with E-state index in [-0.39, 0.29) is 40.4 Å². The molecule has 28 heavy (non-hydrogen) atoms. The normalized spacial score (nSPS) is 14.6. The second-order valence-corrected chi connectivity index (χ2v) is 7.02. The third kappa shape index (κ3) is 3.28. The van der Waals surface area contributed by atoms with Crippen LogP contribution >= 0.6 is 0 Å². The first-order valence-electron chi connectivity index (χ1n) is 9.05. The molecular weight excluding hydrogens is 370 g/mol. The first kappa shape index (κ1) is 18.3. The first-order chi connectivity index (χ1) is 13.4. The van der Waals surface area contributed by atoms with Gasteiger partial charge in [-0.1, -0.05) is 12.8 Å². The minimum atomic E-state index is -1.10. The van der Waals surface area contributed by atoms with Crippen LogP contribution in [0.2, 0.25) is 0 Å². The van der Waals surface area contributed by atoms with E-state index < -0.39 is 22.8 Å². The van der Waals surface area contributed by atoms with Crippen molar-refractivity contribution in [3.8, 4) is 28.6 Å². The Morgan fingerprint density at radius 3 is 2.54 bits per heavy atom. The summed E-state index contributed by atoms with van der Waals surface area (Å²) in [6.45, 7) is 0.284. The SMILES string of the molecule is O=c1c(OCC2CCCC2)c(-c2ccc(F)c(F)c2)oc2cc(O)cc(O)c12. The summed E-state index contributed by atoms with van der Waals surface area (Å²) in [5.41, 5.74) is -0.617. The number of phenols is 2. The summed E-state index contributed by atoms with van der Waals surface area (Å²) in [6.07, 6.45) is 4.16. The standard InChI is InChI=1S/C21H18F2O5/c22-14-6-5-12(7-15(14)23)20-21(27-10-11-3-1-2-4-11)19(26)18-16(25)8-13(24)9-17(18)28-20/h5-9,11,24-25H,1-4,10H2. The lowest BCUT2D eigenvalue weighted by molar-refractivity contribution is 0.247. The topological polar surface area (TPSA) is 79.9 Å². The van der Waals surface area contributed by atoms with Gasteiger partial charge in [-0.2, -0.15) is 0 Å². The van der Waals surface area contributed by atoms with Crippen molar-refractivity contribution < 1.29 is 28.1 Å². The zero-order valence-corrected chi connectivity index (χ0v) is 14.9. The van der Waals surface area contributed by atoms with Crippen LogP contribution in [-0.2, 0) is 0 Å². The number of aromatic hydroxyl groups is 2. The van der Waals surface area contributed by atoms with Crippen molar-refractivity contribution in [2.24, 2.45) is 5.92 Å². The van der Waals surface area contributed by atoms with Gasteiger partial charge in [-0.25, -0.2) is 8.78 Å². The minimum absolute atomic E-state index is 0.0839. The van der Waals surface area contributed by atoms with Crippen molar-refractivity contribution in [1.29, 1.82) is 0 Å². The Labute approximate surface area is 158 Å². The molecule has 0 unspecified atom stereocenters. The third-order valence-electron chi connectivity index (χ3n) is 5.04. The Balaban J connectivity index is 1.90. The fourth-order valence-electron chi connectivity index (χ4n) is 3.60. The zero-order valence-electron chi connectivity index (χ0n) is 14.9. The highest BCUT2D eigenvalue weighted by Gasteiger charge is 2.23. The summed E-state index contributed by atoms with van der Waals surface area (Å²) < 4.78 is 38.6. The molecule has 0 saturated heterocycles. The Bertz CT molecular complexity index is 1100. The maximum absolute atomic E-state index is 13.8. The van der Waals surface area contributed by atoms with Crippen LogP contribution in [0.3, 0.4) is 0 Å². The number of phenolic OH excluding ortho intramolecular Hbond substituents is 2. The van der Waals surface area contributed by atoms with E-state index >= 15 is 0 Å². The second kappa shape index (κ2) is 7.14. The van der Waals surface area contributed by atoms with Crippen LogP contribution in [0.25, 0.3) is 22.3 Å². The predicted molar refractivity (Wildman–Crippen MR) is 98.6 cm³/mol. The van der Waals surface area contributed by atoms with E-state index in [1.807, 2.05) is 0 Å². The maximum atomic E-state index is 13.8. The molecule has 1 saturated carbocycles. The number of benzene rings is 2. The summed E-state index contributed by atoms with van der Waals surface area (Å²) >= 11 is 0. The molecule has 0 radical (unpaired) electrons. The van der Waals surface area contributed by atoms with Crippen molar-refractivity contribution in [3.63, 3.8) is 0 Å². The predicted octanol–water partition coefficient (Wildman–Crippen LogP) is 4.72. The summed E-state index contributed by atoms with van der Waals surface area (Å²) in [7, 11) is 0. The number of rotatable bonds is 4. The number of hydrogen-bond acceptors (Lipinski definition) is 5. The van der Waals surface area contributed by atoms with Gasteiger partial charge >= 0.3 is 0 Å². The summed E-state index contributed by atoms with van der Waals surface area (Å²) in [5.74, 6) is -2.85. The van der Waals surface area contributed by atoms with E-state index in [0.29, 0.717) is 5.92 Å². The molecule has 1 aromatic heterocycles. The number of hydrogen-bond donors (Lipinski definition) is 2. The van der Waals surface area contributed by atoms with Crippen LogP contribution in [0.1, 0.15) is 25.7 Å². The molecule has 0 atom stereocenters. The third-order valence-corrected chi connectivity index (χ3v) is 5.04. The van der Waals surface area contributed by atoms with E-state index in [9.17, 15) is 23.8 Å². The maximum Gasteiger partial charge on any atom is 0.239 e. The summed E-state index contributed by atoms with van der Waals surface area (Å²) in [5, 5.41) is 19.6. The minimum Gasteiger partial charge on any atom is -0.508 e. The molecule has 1 aliphatic carbocycles. The average molecular weight is 388 g/mol. The molecule has 0 amide bonds. The number of fused-ring (bicyclic) bond motifs is 1. The molecule has 0 spiro atoms. The van der Waals surface area contributed by atoms with Crippen LogP contribution in [-0.4, -0.2) is 16.8 Å². The molecule has 2 aromatic carbocycles. The fraction of sp³-hybridized carbons (Fsp3) is 0.286. The van der Waals surface area contributed by atoms with Crippen molar-refractivity contribution >= 4 is 11.0 Å². The quantitative estimate of drug-likeness (QED) is 0.676. The molecule has 1 heterocycles. The summed E-state index contributed by atoms with van der Waals surface area (Å²) in [4.78, 5) is 13.0. The van der Waals surface area contributed by atoms with Gasteiger partial charge in [-0.15, -0.1) is 0 Å². The van der Waals surface area contributed by atoms with Crippen molar-refractivity contribution in [2.45, 2.75) is 25.7 Å². The van der Waals surface area contributed by atoms with E-state index in [4.69, 9.17) is 9.15 Å². The van der Waals surface area contributed by atoms with Crippen LogP contribution in [0, 0.1) is 17.6 Å². The largest absolute Gasteiger partial charge is 0.508 e. The van der Waals surface area contributed by atoms with Gasteiger partial charge in [0, 0.05) is 17.7 Å². The van der Waals surface area contributed by atoms with Gasteiger partial charge < -0.3 is 19.4 Å². The molecule has 146 valence electrons. The lowest BCUT2D eigenvalue weighted by Crippen LogP contribution is -2.15. The highest BCUT2D eigenvalue weighted by atomic mass is 19.2. The second-order valence-electron chi connectivity index (χ2n) is 7.02. The van der Waals surface area contributed by atoms with Gasteiger partial charge in [-0.05, 0) is 37.0 Å². The summed E-state index contributed by atoms with van der Waals surface area (Å²) in [6, 6.07) is 5.30. The lowest BCUT2D eigenvalue weighted by Gasteiger charge is -2.15. The van der Waals surface area contributed by atoms with Crippen molar-refractivity contribution in [1.82, 2.24) is 0 Å². The Morgan fingerprint density at radius 1 is 1.07 bits per heavy atom. The molecule has 3 aromatic rings. The van der Waals surface area contributed by atoms with Crippen molar-refractivity contribution in [3.05, 3.63) is 52.2 Å². The Morgan fingerprint density at radius 2 is 1.82 bits per heavy atom. The molecule has 4 rings (SSSR count). The van der Waals surface area contributed by atoms with Crippen LogP contribution in [0.15, 0.2) is 39.5 Å². The van der Waals surface area contributed by atoms with E-state index in [1.165, 1.54) is 12.1 Å². The Hall–Kier alpha value is -3.09. The van der Waals surface area contributed by atoms with Crippen LogP contribution in [0.5, 0.6) is 17.2 Å². The van der Waals surface area contributed by atoms with Gasteiger partial charge in [0.2, 0.25) is 11.2 Å². The molecular formula is C21H18F2O5. The molecule has 2 N–H and O–H groups in total. The van der Waals surface area contributed by atoms with Crippen molar-refractivity contribution in [2.75, 3.05) is 6.61 Å². The highest BCUT2D eigenvalue weighted by Crippen LogP contribution is 2.36. The number of ether oxygens (including phenoxy) is 1. The van der Waals surface area contributed by atoms with Gasteiger partial charge in [0.1, 0.15) is 22.5 Å². The smallest absolute Gasteiger partial charge is 0.239 e. The van der Waals surface area contributed by atoms with Crippen LogP contribution < -0.4 is 10.2 Å². The average Bonchev–Trinajstić information content (AvgIpc) is 3.16. The monoisotopic (exact) mass is 388 g/mol. The molecule has 1 fully saturated rings. The number of halogens is 2.